The van der Waals surface area contributed by atoms with E-state index in [1.165, 1.54) is 0 Å². The molecule has 0 spiro atoms. The summed E-state index contributed by atoms with van der Waals surface area (Å²) in [5, 5.41) is 1.74. The molecule has 0 radical (unpaired) electrons. The van der Waals surface area contributed by atoms with Crippen molar-refractivity contribution in [2.24, 2.45) is 5.73 Å². The first-order valence-electron chi connectivity index (χ1n) is 6.39. The lowest BCUT2D eigenvalue weighted by molar-refractivity contribution is -0.122. The minimum absolute atomic E-state index is 0.286. The van der Waals surface area contributed by atoms with E-state index in [-0.39, 0.29) is 12.8 Å². The molecule has 3 nitrogen and oxygen atoms in total. The van der Waals surface area contributed by atoms with Gasteiger partial charge in [0.1, 0.15) is 5.69 Å². The SMILES string of the molecule is NC1(C(=O)Nc2c(F)c(F)c(F)c(F)c2F)CCCCC1. The van der Waals surface area contributed by atoms with Crippen LogP contribution in [0, 0.1) is 29.1 Å². The van der Waals surface area contributed by atoms with E-state index < -0.39 is 46.2 Å². The van der Waals surface area contributed by atoms with Crippen molar-refractivity contribution in [3.05, 3.63) is 29.1 Å². The summed E-state index contributed by atoms with van der Waals surface area (Å²) >= 11 is 0. The second-order valence-electron chi connectivity index (χ2n) is 5.12. The van der Waals surface area contributed by atoms with Crippen LogP contribution in [0.4, 0.5) is 27.6 Å². The molecule has 21 heavy (non-hydrogen) atoms. The van der Waals surface area contributed by atoms with Gasteiger partial charge in [-0.3, -0.25) is 4.79 Å². The monoisotopic (exact) mass is 308 g/mol. The Labute approximate surface area is 117 Å². The van der Waals surface area contributed by atoms with E-state index in [1.54, 1.807) is 5.32 Å². The summed E-state index contributed by atoms with van der Waals surface area (Å²) in [5.41, 5.74) is 3.11. The van der Waals surface area contributed by atoms with Crippen molar-refractivity contribution in [2.45, 2.75) is 37.6 Å². The number of carbonyl (C=O) groups is 1. The van der Waals surface area contributed by atoms with Crippen molar-refractivity contribution in [3.63, 3.8) is 0 Å². The maximum Gasteiger partial charge on any atom is 0.244 e. The quantitative estimate of drug-likeness (QED) is 0.501. The molecule has 0 bridgehead atoms. The molecule has 1 aliphatic rings. The van der Waals surface area contributed by atoms with Crippen LogP contribution in [0.25, 0.3) is 0 Å². The van der Waals surface area contributed by atoms with Gasteiger partial charge in [0.05, 0.1) is 5.54 Å². The van der Waals surface area contributed by atoms with Gasteiger partial charge < -0.3 is 11.1 Å². The Morgan fingerprint density at radius 1 is 0.857 bits per heavy atom. The molecular formula is C13H13F5N2O. The predicted octanol–water partition coefficient (Wildman–Crippen LogP) is 2.98. The Hall–Kier alpha value is -1.70. The van der Waals surface area contributed by atoms with Crippen LogP contribution in [0.1, 0.15) is 32.1 Å². The first kappa shape index (κ1) is 15.7. The highest BCUT2D eigenvalue weighted by molar-refractivity contribution is 5.98. The fraction of sp³-hybridized carbons (Fsp3) is 0.462. The van der Waals surface area contributed by atoms with E-state index in [4.69, 9.17) is 5.73 Å². The molecule has 1 aromatic rings. The summed E-state index contributed by atoms with van der Waals surface area (Å²) in [4.78, 5) is 12.0. The summed E-state index contributed by atoms with van der Waals surface area (Å²) in [6.07, 6.45) is 2.75. The van der Waals surface area contributed by atoms with Gasteiger partial charge in [-0.05, 0) is 12.8 Å². The maximum atomic E-state index is 13.5. The van der Waals surface area contributed by atoms with E-state index in [0.29, 0.717) is 12.8 Å². The molecule has 1 aliphatic carbocycles. The smallest absolute Gasteiger partial charge is 0.244 e. The van der Waals surface area contributed by atoms with Gasteiger partial charge in [-0.15, -0.1) is 0 Å². The number of carbonyl (C=O) groups excluding carboxylic acids is 1. The molecule has 1 aromatic carbocycles. The highest BCUT2D eigenvalue weighted by atomic mass is 19.2. The zero-order chi connectivity index (χ0) is 15.8. The topological polar surface area (TPSA) is 55.1 Å². The Bertz CT molecular complexity index is 555. The lowest BCUT2D eigenvalue weighted by Gasteiger charge is -2.31. The van der Waals surface area contributed by atoms with E-state index in [9.17, 15) is 26.7 Å². The largest absolute Gasteiger partial charge is 0.319 e. The number of hydrogen-bond donors (Lipinski definition) is 2. The van der Waals surface area contributed by atoms with Crippen LogP contribution in [-0.4, -0.2) is 11.4 Å². The average Bonchev–Trinajstić information content (AvgIpc) is 2.48. The maximum absolute atomic E-state index is 13.5. The van der Waals surface area contributed by atoms with Gasteiger partial charge in [-0.25, -0.2) is 22.0 Å². The van der Waals surface area contributed by atoms with Crippen molar-refractivity contribution in [2.75, 3.05) is 5.32 Å². The lowest BCUT2D eigenvalue weighted by atomic mass is 9.82. The van der Waals surface area contributed by atoms with Crippen LogP contribution in [0.2, 0.25) is 0 Å². The third-order valence-electron chi connectivity index (χ3n) is 3.65. The van der Waals surface area contributed by atoms with Crippen LogP contribution >= 0.6 is 0 Å². The molecule has 0 aromatic heterocycles. The molecule has 1 fully saturated rings. The highest BCUT2D eigenvalue weighted by Gasteiger charge is 2.37. The van der Waals surface area contributed by atoms with Gasteiger partial charge in [-0.1, -0.05) is 19.3 Å². The van der Waals surface area contributed by atoms with Crippen LogP contribution < -0.4 is 11.1 Å². The summed E-state index contributed by atoms with van der Waals surface area (Å²) < 4.78 is 66.0. The number of hydrogen-bond acceptors (Lipinski definition) is 2. The van der Waals surface area contributed by atoms with Crippen LogP contribution in [-0.2, 0) is 4.79 Å². The molecule has 2 rings (SSSR count). The Balaban J connectivity index is 2.34. The van der Waals surface area contributed by atoms with Crippen molar-refractivity contribution < 1.29 is 26.7 Å². The molecule has 8 heteroatoms. The Morgan fingerprint density at radius 3 is 1.76 bits per heavy atom. The van der Waals surface area contributed by atoms with Gasteiger partial charge in [-0.2, -0.15) is 0 Å². The van der Waals surface area contributed by atoms with Gasteiger partial charge >= 0.3 is 0 Å². The van der Waals surface area contributed by atoms with Crippen LogP contribution in [0.3, 0.4) is 0 Å². The Morgan fingerprint density at radius 2 is 1.29 bits per heavy atom. The third kappa shape index (κ3) is 2.72. The zero-order valence-corrected chi connectivity index (χ0v) is 10.9. The molecule has 0 aliphatic heterocycles. The zero-order valence-electron chi connectivity index (χ0n) is 10.9. The molecule has 0 saturated heterocycles. The first-order valence-corrected chi connectivity index (χ1v) is 6.39. The third-order valence-corrected chi connectivity index (χ3v) is 3.65. The molecule has 3 N–H and O–H groups in total. The van der Waals surface area contributed by atoms with E-state index >= 15 is 0 Å². The number of benzene rings is 1. The van der Waals surface area contributed by atoms with Crippen molar-refractivity contribution in [3.8, 4) is 0 Å². The van der Waals surface area contributed by atoms with Crippen LogP contribution in [0.15, 0.2) is 0 Å². The second-order valence-corrected chi connectivity index (χ2v) is 5.12. The Kier molecular flexibility index (Phi) is 4.18. The van der Waals surface area contributed by atoms with Gasteiger partial charge in [0, 0.05) is 0 Å². The minimum atomic E-state index is -2.27. The van der Waals surface area contributed by atoms with Gasteiger partial charge in [0.25, 0.3) is 0 Å². The van der Waals surface area contributed by atoms with E-state index in [2.05, 4.69) is 0 Å². The molecule has 116 valence electrons. The molecule has 0 unspecified atom stereocenters. The number of anilines is 1. The van der Waals surface area contributed by atoms with Crippen LogP contribution in [0.5, 0.6) is 0 Å². The predicted molar refractivity (Wildman–Crippen MR) is 64.9 cm³/mol. The molecule has 0 heterocycles. The minimum Gasteiger partial charge on any atom is -0.319 e. The molecular weight excluding hydrogens is 295 g/mol. The number of nitrogens with two attached hydrogens (primary N) is 1. The van der Waals surface area contributed by atoms with Crippen molar-refractivity contribution in [1.82, 2.24) is 0 Å². The summed E-state index contributed by atoms with van der Waals surface area (Å²) in [6, 6.07) is 0. The van der Waals surface area contributed by atoms with Crippen molar-refractivity contribution >= 4 is 11.6 Å². The van der Waals surface area contributed by atoms with Gasteiger partial charge in [0.2, 0.25) is 11.7 Å². The van der Waals surface area contributed by atoms with E-state index in [0.717, 1.165) is 6.42 Å². The highest BCUT2D eigenvalue weighted by Crippen LogP contribution is 2.30. The summed E-state index contributed by atoms with van der Waals surface area (Å²) in [7, 11) is 0. The fourth-order valence-corrected chi connectivity index (χ4v) is 2.36. The lowest BCUT2D eigenvalue weighted by Crippen LogP contribution is -2.52. The average molecular weight is 308 g/mol. The number of rotatable bonds is 2. The first-order chi connectivity index (χ1) is 9.78. The molecule has 1 amide bonds. The number of nitrogens with one attached hydrogen (secondary N) is 1. The molecule has 0 atom stereocenters. The standard InChI is InChI=1S/C13H13F5N2O/c14-6-7(15)9(17)11(10(18)8(6)16)20-12(21)13(19)4-2-1-3-5-13/h1-5,19H2,(H,20,21). The normalized spacial score (nSPS) is 17.6. The van der Waals surface area contributed by atoms with Gasteiger partial charge in [0.15, 0.2) is 23.3 Å². The summed E-state index contributed by atoms with van der Waals surface area (Å²) in [5.74, 6) is -11.6. The summed E-state index contributed by atoms with van der Waals surface area (Å²) in [6.45, 7) is 0. The van der Waals surface area contributed by atoms with Crippen molar-refractivity contribution in [1.29, 1.82) is 0 Å². The number of halogens is 5. The fourth-order valence-electron chi connectivity index (χ4n) is 2.36. The van der Waals surface area contributed by atoms with E-state index in [1.807, 2.05) is 0 Å². The number of amides is 1. The second kappa shape index (κ2) is 5.59. The molecule has 1 saturated carbocycles.